The van der Waals surface area contributed by atoms with Crippen molar-refractivity contribution in [3.8, 4) is 28.2 Å². The lowest BCUT2D eigenvalue weighted by Crippen LogP contribution is -2.21. The number of nitrogens with zero attached hydrogens (tertiary/aromatic N) is 4. The van der Waals surface area contributed by atoms with Crippen LogP contribution in [0.5, 0.6) is 5.75 Å². The third kappa shape index (κ3) is 5.40. The van der Waals surface area contributed by atoms with E-state index in [-0.39, 0.29) is 17.1 Å². The van der Waals surface area contributed by atoms with Gasteiger partial charge in [-0.05, 0) is 59.7 Å². The van der Waals surface area contributed by atoms with Gasteiger partial charge in [-0.25, -0.2) is 4.39 Å². The molecule has 13 heteroatoms. The van der Waals surface area contributed by atoms with E-state index in [1.54, 1.807) is 6.07 Å². The normalized spacial score (nSPS) is 12.3. The zero-order valence-corrected chi connectivity index (χ0v) is 18.4. The third-order valence-corrected chi connectivity index (χ3v) is 5.17. The second-order valence-corrected chi connectivity index (χ2v) is 7.74. The Labute approximate surface area is 203 Å². The lowest BCUT2D eigenvalue weighted by Gasteiger charge is -2.14. The number of ether oxygens (including phenoxy) is 2. The zero-order chi connectivity index (χ0) is 26.2. The number of halogens is 6. The predicted molar refractivity (Wildman–Crippen MR) is 116 cm³/mol. The van der Waals surface area contributed by atoms with Gasteiger partial charge in [0.25, 0.3) is 0 Å². The van der Waals surface area contributed by atoms with Crippen molar-refractivity contribution < 1.29 is 40.3 Å². The Kier molecular flexibility index (Phi) is 6.07. The fraction of sp³-hybridized carbons (Fsp3) is 0.125. The van der Waals surface area contributed by atoms with Crippen molar-refractivity contribution in [2.75, 3.05) is 0 Å². The Bertz CT molecular complexity index is 1530. The Morgan fingerprint density at radius 2 is 1.49 bits per heavy atom. The van der Waals surface area contributed by atoms with Crippen LogP contribution in [0.15, 0.2) is 77.4 Å². The molecule has 3 heterocycles. The molecule has 0 atom stereocenters. The van der Waals surface area contributed by atoms with Crippen LogP contribution in [0.3, 0.4) is 0 Å². The Morgan fingerprint density at radius 3 is 2.19 bits per heavy atom. The topological polar surface area (TPSA) is 74.7 Å². The van der Waals surface area contributed by atoms with Gasteiger partial charge in [0.15, 0.2) is 11.4 Å². The van der Waals surface area contributed by atoms with Gasteiger partial charge in [0, 0.05) is 17.8 Å². The molecule has 0 N–H and O–H groups in total. The summed E-state index contributed by atoms with van der Waals surface area (Å²) in [5.41, 5.74) is 1.51. The fourth-order valence-electron chi connectivity index (χ4n) is 3.47. The molecule has 0 spiro atoms. The predicted octanol–water partition coefficient (Wildman–Crippen LogP) is 6.36. The van der Waals surface area contributed by atoms with Crippen LogP contribution in [0.4, 0.5) is 26.3 Å². The smallest absolute Gasteiger partial charge is 0.406 e. The molecule has 0 radical (unpaired) electrons. The number of benzene rings is 2. The highest BCUT2D eigenvalue weighted by Crippen LogP contribution is 2.32. The molecular formula is C24H14F6N4O3. The Hall–Kier alpha value is -4.39. The number of alkyl halides is 5. The minimum Gasteiger partial charge on any atom is -0.406 e. The monoisotopic (exact) mass is 520 g/mol. The highest BCUT2D eigenvalue weighted by Gasteiger charge is 2.39. The fourth-order valence-corrected chi connectivity index (χ4v) is 3.47. The summed E-state index contributed by atoms with van der Waals surface area (Å²) in [5.74, 6) is -1.44. The van der Waals surface area contributed by atoms with Gasteiger partial charge in [-0.2, -0.15) is 8.78 Å². The number of hydrogen-bond acceptors (Lipinski definition) is 6. The quantitative estimate of drug-likeness (QED) is 0.233. The molecule has 0 fully saturated rings. The first-order valence-electron chi connectivity index (χ1n) is 10.5. The maximum atomic E-state index is 15.0. The summed E-state index contributed by atoms with van der Waals surface area (Å²) < 4.78 is 94.9. The number of fused-ring (bicyclic) bond motifs is 1. The SMILES string of the molecule is Fc1ccc(-c2cc(COC(F)(F)c3nnc4ccc(-c5ccc(OC(F)(F)F)cc5)cn34)no2)cc1. The van der Waals surface area contributed by atoms with E-state index in [2.05, 4.69) is 20.1 Å². The van der Waals surface area contributed by atoms with E-state index in [1.807, 2.05) is 0 Å². The molecule has 0 aliphatic heterocycles. The van der Waals surface area contributed by atoms with Gasteiger partial charge in [-0.15, -0.1) is 23.4 Å². The molecule has 190 valence electrons. The summed E-state index contributed by atoms with van der Waals surface area (Å²) in [4.78, 5) is 0. The summed E-state index contributed by atoms with van der Waals surface area (Å²) in [6.07, 6.45) is -7.42. The minimum atomic E-state index is -4.84. The molecule has 5 aromatic rings. The minimum absolute atomic E-state index is 0.0645. The van der Waals surface area contributed by atoms with Gasteiger partial charge in [-0.1, -0.05) is 17.3 Å². The standard InChI is InChI=1S/C24H14F6N4O3/c25-17-6-1-15(2-7-17)20-11-18(33-37-20)13-35-23(26,27)22-32-31-21-10-5-16(12-34(21)22)14-3-8-19(9-4-14)36-24(28,29)30/h1-12H,13H2. The highest BCUT2D eigenvalue weighted by molar-refractivity contribution is 5.65. The lowest BCUT2D eigenvalue weighted by molar-refractivity contribution is -0.274. The number of rotatable bonds is 7. The average Bonchev–Trinajstić information content (AvgIpc) is 3.50. The number of hydrogen-bond donors (Lipinski definition) is 0. The van der Waals surface area contributed by atoms with Crippen LogP contribution in [0.1, 0.15) is 11.5 Å². The van der Waals surface area contributed by atoms with Crippen molar-refractivity contribution in [1.82, 2.24) is 19.8 Å². The zero-order valence-electron chi connectivity index (χ0n) is 18.4. The molecule has 7 nitrogen and oxygen atoms in total. The lowest BCUT2D eigenvalue weighted by atomic mass is 10.1. The van der Waals surface area contributed by atoms with Crippen LogP contribution in [0.25, 0.3) is 28.1 Å². The van der Waals surface area contributed by atoms with Crippen LogP contribution in [-0.4, -0.2) is 26.1 Å². The molecule has 0 saturated carbocycles. The second-order valence-electron chi connectivity index (χ2n) is 7.74. The van der Waals surface area contributed by atoms with Crippen LogP contribution in [0, 0.1) is 5.82 Å². The van der Waals surface area contributed by atoms with Crippen molar-refractivity contribution in [3.63, 3.8) is 0 Å². The number of pyridine rings is 1. The largest absolute Gasteiger partial charge is 0.573 e. The third-order valence-electron chi connectivity index (χ3n) is 5.17. The van der Waals surface area contributed by atoms with Gasteiger partial charge >= 0.3 is 12.5 Å². The van der Waals surface area contributed by atoms with E-state index < -0.39 is 36.5 Å². The molecule has 2 aromatic carbocycles. The summed E-state index contributed by atoms with van der Waals surface area (Å²) in [7, 11) is 0. The van der Waals surface area contributed by atoms with Gasteiger partial charge in [0.2, 0.25) is 5.82 Å². The van der Waals surface area contributed by atoms with Crippen molar-refractivity contribution in [1.29, 1.82) is 0 Å². The van der Waals surface area contributed by atoms with Crippen molar-refractivity contribution >= 4 is 5.65 Å². The maximum Gasteiger partial charge on any atom is 0.573 e. The molecular weight excluding hydrogens is 506 g/mol. The van der Waals surface area contributed by atoms with E-state index in [4.69, 9.17) is 9.26 Å². The van der Waals surface area contributed by atoms with Crippen LogP contribution in [-0.2, 0) is 17.5 Å². The van der Waals surface area contributed by atoms with E-state index in [0.29, 0.717) is 16.7 Å². The Morgan fingerprint density at radius 1 is 0.811 bits per heavy atom. The van der Waals surface area contributed by atoms with Gasteiger partial charge in [0.1, 0.15) is 17.3 Å². The van der Waals surface area contributed by atoms with E-state index in [9.17, 15) is 26.3 Å². The number of aromatic nitrogens is 4. The first-order valence-corrected chi connectivity index (χ1v) is 10.5. The summed E-state index contributed by atoms with van der Waals surface area (Å²) >= 11 is 0. The second kappa shape index (κ2) is 9.24. The molecule has 3 aromatic heterocycles. The van der Waals surface area contributed by atoms with Gasteiger partial charge in [-0.3, -0.25) is 4.40 Å². The molecule has 5 rings (SSSR count). The highest BCUT2D eigenvalue weighted by atomic mass is 19.4. The van der Waals surface area contributed by atoms with Crippen molar-refractivity contribution in [3.05, 3.63) is 90.3 Å². The van der Waals surface area contributed by atoms with Gasteiger partial charge in [0.05, 0.1) is 6.61 Å². The molecule has 0 unspecified atom stereocenters. The summed E-state index contributed by atoms with van der Waals surface area (Å²) in [6.45, 7) is -0.632. The van der Waals surface area contributed by atoms with E-state index in [1.165, 1.54) is 54.7 Å². The first-order chi connectivity index (χ1) is 17.6. The maximum absolute atomic E-state index is 15.0. The molecule has 0 aliphatic rings. The summed E-state index contributed by atoms with van der Waals surface area (Å²) in [5, 5.41) is 11.0. The Balaban J connectivity index is 1.34. The van der Waals surface area contributed by atoms with Gasteiger partial charge < -0.3 is 14.0 Å². The molecule has 0 aliphatic carbocycles. The van der Waals surface area contributed by atoms with Crippen molar-refractivity contribution in [2.24, 2.45) is 0 Å². The summed E-state index contributed by atoms with van der Waals surface area (Å²) in [6, 6.07) is 14.6. The molecule has 0 saturated heterocycles. The molecule has 37 heavy (non-hydrogen) atoms. The van der Waals surface area contributed by atoms with E-state index in [0.717, 1.165) is 16.5 Å². The van der Waals surface area contributed by atoms with Crippen LogP contribution < -0.4 is 4.74 Å². The van der Waals surface area contributed by atoms with E-state index >= 15 is 0 Å². The molecule has 0 amide bonds. The molecule has 0 bridgehead atoms. The van der Waals surface area contributed by atoms with Crippen LogP contribution >= 0.6 is 0 Å². The first kappa shape index (κ1) is 24.3. The average molecular weight is 520 g/mol. The van der Waals surface area contributed by atoms with Crippen molar-refractivity contribution in [2.45, 2.75) is 19.1 Å². The van der Waals surface area contributed by atoms with Crippen LogP contribution in [0.2, 0.25) is 0 Å².